The maximum absolute atomic E-state index is 13.4. The summed E-state index contributed by atoms with van der Waals surface area (Å²) in [5.41, 5.74) is 6.37. The number of halogens is 4. The van der Waals surface area contributed by atoms with Crippen LogP contribution in [0.15, 0.2) is 27.8 Å². The Balaban J connectivity index is 2.40. The van der Waals surface area contributed by atoms with Crippen LogP contribution in [-0.4, -0.2) is 19.2 Å². The van der Waals surface area contributed by atoms with Gasteiger partial charge >= 0.3 is 6.09 Å². The zero-order chi connectivity index (χ0) is 15.8. The number of amides is 1. The van der Waals surface area contributed by atoms with Gasteiger partial charge in [-0.2, -0.15) is 0 Å². The quantitative estimate of drug-likeness (QED) is 0.540. The Labute approximate surface area is 136 Å². The van der Waals surface area contributed by atoms with Crippen LogP contribution in [0.25, 0.3) is 0 Å². The van der Waals surface area contributed by atoms with E-state index in [0.717, 1.165) is 0 Å². The third kappa shape index (κ3) is 5.97. The molecule has 1 rings (SSSR count). The minimum absolute atomic E-state index is 0.0242. The standard InChI is InChI=1S/C12H13Cl3FN3O2/c13-10(14)11(15)19-12(20)21-5-4-18-9-3-1-2-8(16)7(9)6-17/h1-3,18H,4-6,17H2,(H,19,20). The third-order valence-electron chi connectivity index (χ3n) is 2.35. The van der Waals surface area contributed by atoms with Crippen molar-refractivity contribution in [3.05, 3.63) is 39.2 Å². The predicted molar refractivity (Wildman–Crippen MR) is 81.8 cm³/mol. The van der Waals surface area contributed by atoms with E-state index in [2.05, 4.69) is 10.6 Å². The molecule has 0 heterocycles. The molecule has 9 heteroatoms. The van der Waals surface area contributed by atoms with Gasteiger partial charge in [-0.25, -0.2) is 9.18 Å². The molecule has 0 atom stereocenters. The van der Waals surface area contributed by atoms with Crippen LogP contribution in [0.5, 0.6) is 0 Å². The summed E-state index contributed by atoms with van der Waals surface area (Å²) in [6, 6.07) is 4.55. The predicted octanol–water partition coefficient (Wildman–Crippen LogP) is 3.27. The van der Waals surface area contributed by atoms with Gasteiger partial charge < -0.3 is 15.8 Å². The molecule has 0 aliphatic rings. The first kappa shape index (κ1) is 17.8. The largest absolute Gasteiger partial charge is 0.447 e. The second kappa shape index (κ2) is 8.94. The van der Waals surface area contributed by atoms with Gasteiger partial charge in [0, 0.05) is 24.3 Å². The van der Waals surface area contributed by atoms with Gasteiger partial charge in [0.25, 0.3) is 0 Å². The van der Waals surface area contributed by atoms with Gasteiger partial charge in [-0.05, 0) is 12.1 Å². The number of nitrogens with one attached hydrogen (secondary N) is 2. The molecule has 0 saturated heterocycles. The highest BCUT2D eigenvalue weighted by molar-refractivity contribution is 6.59. The van der Waals surface area contributed by atoms with Crippen molar-refractivity contribution in [2.45, 2.75) is 6.54 Å². The molecule has 4 N–H and O–H groups in total. The minimum atomic E-state index is -0.807. The van der Waals surface area contributed by atoms with Crippen molar-refractivity contribution in [3.63, 3.8) is 0 Å². The van der Waals surface area contributed by atoms with Gasteiger partial charge in [0.05, 0.1) is 0 Å². The summed E-state index contributed by atoms with van der Waals surface area (Å²) in [7, 11) is 0. The smallest absolute Gasteiger partial charge is 0.412 e. The number of hydrogen-bond donors (Lipinski definition) is 3. The Kier molecular flexibility index (Phi) is 7.60. The molecular formula is C12H13Cl3FN3O2. The van der Waals surface area contributed by atoms with Crippen molar-refractivity contribution >= 4 is 46.6 Å². The molecule has 0 aliphatic carbocycles. The Morgan fingerprint density at radius 3 is 2.67 bits per heavy atom. The first-order valence-corrected chi connectivity index (χ1v) is 6.95. The molecule has 0 bridgehead atoms. The lowest BCUT2D eigenvalue weighted by Crippen LogP contribution is -2.24. The van der Waals surface area contributed by atoms with E-state index in [-0.39, 0.29) is 29.3 Å². The van der Waals surface area contributed by atoms with Gasteiger partial charge in [-0.3, -0.25) is 5.32 Å². The fraction of sp³-hybridized carbons (Fsp3) is 0.250. The van der Waals surface area contributed by atoms with E-state index >= 15 is 0 Å². The summed E-state index contributed by atoms with van der Waals surface area (Å²) in [6.45, 7) is 0.348. The topological polar surface area (TPSA) is 76.4 Å². The van der Waals surface area contributed by atoms with E-state index < -0.39 is 11.9 Å². The van der Waals surface area contributed by atoms with Crippen LogP contribution in [0.2, 0.25) is 0 Å². The number of anilines is 1. The number of benzene rings is 1. The average Bonchev–Trinajstić information content (AvgIpc) is 2.43. The first-order chi connectivity index (χ1) is 9.95. The Morgan fingerprint density at radius 2 is 2.05 bits per heavy atom. The molecular weight excluding hydrogens is 344 g/mol. The van der Waals surface area contributed by atoms with Gasteiger partial charge in [-0.15, -0.1) is 0 Å². The van der Waals surface area contributed by atoms with E-state index in [1.54, 1.807) is 12.1 Å². The minimum Gasteiger partial charge on any atom is -0.447 e. The number of ether oxygens (including phenoxy) is 1. The number of alkyl carbamates (subject to hydrolysis) is 1. The molecule has 116 valence electrons. The summed E-state index contributed by atoms with van der Waals surface area (Å²) in [6.07, 6.45) is -0.807. The maximum atomic E-state index is 13.4. The maximum Gasteiger partial charge on any atom is 0.412 e. The molecule has 0 radical (unpaired) electrons. The molecule has 21 heavy (non-hydrogen) atoms. The third-order valence-corrected chi connectivity index (χ3v) is 3.21. The molecule has 0 aliphatic heterocycles. The van der Waals surface area contributed by atoms with Crippen LogP contribution < -0.4 is 16.4 Å². The monoisotopic (exact) mass is 355 g/mol. The SMILES string of the molecule is NCc1c(F)cccc1NCCOC(=O)NC(Cl)=C(Cl)Cl. The second-order valence-corrected chi connectivity index (χ2v) is 5.06. The van der Waals surface area contributed by atoms with Crippen molar-refractivity contribution in [2.24, 2.45) is 5.73 Å². The van der Waals surface area contributed by atoms with Crippen LogP contribution in [0.3, 0.4) is 0 Å². The lowest BCUT2D eigenvalue weighted by molar-refractivity contribution is 0.154. The van der Waals surface area contributed by atoms with Crippen molar-refractivity contribution in [1.82, 2.24) is 5.32 Å². The van der Waals surface area contributed by atoms with Crippen LogP contribution in [-0.2, 0) is 11.3 Å². The van der Waals surface area contributed by atoms with E-state index in [1.807, 2.05) is 0 Å². The molecule has 0 fully saturated rings. The lowest BCUT2D eigenvalue weighted by Gasteiger charge is -2.12. The van der Waals surface area contributed by atoms with Crippen LogP contribution >= 0.6 is 34.8 Å². The zero-order valence-electron chi connectivity index (χ0n) is 10.8. The number of hydrogen-bond acceptors (Lipinski definition) is 4. The van der Waals surface area contributed by atoms with Gasteiger partial charge in [-0.1, -0.05) is 40.9 Å². The van der Waals surface area contributed by atoms with E-state index in [0.29, 0.717) is 11.3 Å². The second-order valence-electron chi connectivity index (χ2n) is 3.73. The van der Waals surface area contributed by atoms with Gasteiger partial charge in [0.1, 0.15) is 22.1 Å². The van der Waals surface area contributed by atoms with Gasteiger partial charge in [0.15, 0.2) is 0 Å². The molecule has 0 aromatic heterocycles. The fourth-order valence-electron chi connectivity index (χ4n) is 1.43. The molecule has 5 nitrogen and oxygen atoms in total. The molecule has 1 aromatic carbocycles. The molecule has 1 aromatic rings. The number of nitrogens with two attached hydrogens (primary N) is 1. The van der Waals surface area contributed by atoms with Crippen molar-refractivity contribution in [1.29, 1.82) is 0 Å². The van der Waals surface area contributed by atoms with Crippen LogP contribution in [0.1, 0.15) is 5.56 Å². The Morgan fingerprint density at radius 1 is 1.33 bits per heavy atom. The van der Waals surface area contributed by atoms with E-state index in [4.69, 9.17) is 45.3 Å². The van der Waals surface area contributed by atoms with E-state index in [9.17, 15) is 9.18 Å². The average molecular weight is 357 g/mol. The lowest BCUT2D eigenvalue weighted by atomic mass is 10.1. The molecule has 0 unspecified atom stereocenters. The van der Waals surface area contributed by atoms with Crippen molar-refractivity contribution < 1.29 is 13.9 Å². The Bertz CT molecular complexity index is 536. The number of rotatable bonds is 6. The normalized spacial score (nSPS) is 9.95. The molecule has 0 spiro atoms. The summed E-state index contributed by atoms with van der Waals surface area (Å²) >= 11 is 16.2. The highest BCUT2D eigenvalue weighted by atomic mass is 35.5. The molecule has 1 amide bonds. The number of carbonyl (C=O) groups excluding carboxylic acids is 1. The zero-order valence-corrected chi connectivity index (χ0v) is 13.0. The number of carbonyl (C=O) groups is 1. The highest BCUT2D eigenvalue weighted by Gasteiger charge is 2.08. The van der Waals surface area contributed by atoms with Crippen molar-refractivity contribution in [3.8, 4) is 0 Å². The summed E-state index contributed by atoms with van der Waals surface area (Å²) in [5.74, 6) is -0.394. The van der Waals surface area contributed by atoms with Crippen LogP contribution in [0.4, 0.5) is 14.9 Å². The Hall–Kier alpha value is -1.21. The molecule has 0 saturated carbocycles. The summed E-state index contributed by atoms with van der Waals surface area (Å²) in [5, 5.41) is 4.81. The summed E-state index contributed by atoms with van der Waals surface area (Å²) < 4.78 is 18.0. The van der Waals surface area contributed by atoms with Crippen LogP contribution in [0, 0.1) is 5.82 Å². The first-order valence-electron chi connectivity index (χ1n) is 5.81. The van der Waals surface area contributed by atoms with E-state index in [1.165, 1.54) is 6.07 Å². The van der Waals surface area contributed by atoms with Crippen molar-refractivity contribution in [2.75, 3.05) is 18.5 Å². The fourth-order valence-corrected chi connectivity index (χ4v) is 1.61. The highest BCUT2D eigenvalue weighted by Crippen LogP contribution is 2.18. The van der Waals surface area contributed by atoms with Gasteiger partial charge in [0.2, 0.25) is 0 Å². The summed E-state index contributed by atoms with van der Waals surface area (Å²) in [4.78, 5) is 11.3.